The Morgan fingerprint density at radius 3 is 2.88 bits per heavy atom. The lowest BCUT2D eigenvalue weighted by atomic mass is 10.2. The quantitative estimate of drug-likeness (QED) is 0.513. The topological polar surface area (TPSA) is 68.8 Å². The van der Waals surface area contributed by atoms with Crippen molar-refractivity contribution in [2.75, 3.05) is 11.9 Å². The predicted octanol–water partition coefficient (Wildman–Crippen LogP) is 0.641. The monoisotopic (exact) mass is 356 g/mol. The van der Waals surface area contributed by atoms with E-state index in [9.17, 15) is 0 Å². The van der Waals surface area contributed by atoms with Crippen LogP contribution >= 0.6 is 0 Å². The van der Waals surface area contributed by atoms with Gasteiger partial charge < -0.3 is 26.7 Å². The maximum Gasteiger partial charge on any atom is 0.196 e. The second kappa shape index (κ2) is 7.53. The first kappa shape index (κ1) is 17.2. The molecule has 130 valence electrons. The van der Waals surface area contributed by atoms with Crippen molar-refractivity contribution < 1.29 is 16.8 Å². The van der Waals surface area contributed by atoms with Gasteiger partial charge in [-0.1, -0.05) is 19.1 Å². The number of anilines is 1. The van der Waals surface area contributed by atoms with Crippen LogP contribution in [0.3, 0.4) is 0 Å². The standard InChI is InChI=1S/C18H19N5O.ClH/c1-2-15-21-16-13-6-3-4-7-14(13)24-17(16)18(22-15)20-8-5-10-23-11-9-19-12-23;/h3-4,6-7,9,11-12H,2,5,8,10H2,1H3,(H,20,21,22);1H/p-1. The van der Waals surface area contributed by atoms with E-state index >= 15 is 0 Å². The molecule has 6 nitrogen and oxygen atoms in total. The minimum absolute atomic E-state index is 0. The van der Waals surface area contributed by atoms with E-state index in [-0.39, 0.29) is 12.4 Å². The van der Waals surface area contributed by atoms with Crippen molar-refractivity contribution in [3.63, 3.8) is 0 Å². The number of aromatic nitrogens is 4. The summed E-state index contributed by atoms with van der Waals surface area (Å²) in [5.74, 6) is 1.60. The Morgan fingerprint density at radius 1 is 1.20 bits per heavy atom. The van der Waals surface area contributed by atoms with Crippen molar-refractivity contribution >= 4 is 27.9 Å². The summed E-state index contributed by atoms with van der Waals surface area (Å²) in [6, 6.07) is 7.97. The van der Waals surface area contributed by atoms with E-state index in [0.717, 1.165) is 59.6 Å². The predicted molar refractivity (Wildman–Crippen MR) is 94.0 cm³/mol. The minimum atomic E-state index is 0. The van der Waals surface area contributed by atoms with Crippen LogP contribution in [0.4, 0.5) is 5.82 Å². The Balaban J connectivity index is 0.00000182. The van der Waals surface area contributed by atoms with E-state index in [1.165, 1.54) is 0 Å². The molecular formula is C18H19ClN5O-. The zero-order valence-corrected chi connectivity index (χ0v) is 14.7. The second-order valence-corrected chi connectivity index (χ2v) is 5.70. The Labute approximate surface area is 151 Å². The highest BCUT2D eigenvalue weighted by Crippen LogP contribution is 2.31. The van der Waals surface area contributed by atoms with Crippen molar-refractivity contribution in [3.05, 3.63) is 48.8 Å². The Kier molecular flexibility index (Phi) is 5.19. The summed E-state index contributed by atoms with van der Waals surface area (Å²) in [6.07, 6.45) is 7.36. The number of hydrogen-bond acceptors (Lipinski definition) is 5. The summed E-state index contributed by atoms with van der Waals surface area (Å²) in [5, 5.41) is 4.44. The van der Waals surface area contributed by atoms with Crippen LogP contribution in [0.2, 0.25) is 0 Å². The number of imidazole rings is 1. The molecule has 4 rings (SSSR count). The van der Waals surface area contributed by atoms with Crippen LogP contribution in [0.15, 0.2) is 47.4 Å². The molecule has 3 heterocycles. The largest absolute Gasteiger partial charge is 1.00 e. The van der Waals surface area contributed by atoms with E-state index in [1.807, 2.05) is 36.8 Å². The van der Waals surface area contributed by atoms with Crippen molar-refractivity contribution in [1.29, 1.82) is 0 Å². The fraction of sp³-hybridized carbons (Fsp3) is 0.278. The zero-order chi connectivity index (χ0) is 16.4. The van der Waals surface area contributed by atoms with Gasteiger partial charge in [0.1, 0.15) is 16.9 Å². The fourth-order valence-electron chi connectivity index (χ4n) is 2.80. The van der Waals surface area contributed by atoms with Crippen molar-refractivity contribution in [1.82, 2.24) is 19.5 Å². The summed E-state index contributed by atoms with van der Waals surface area (Å²) in [4.78, 5) is 13.3. The molecule has 0 spiro atoms. The number of halogens is 1. The van der Waals surface area contributed by atoms with Crippen molar-refractivity contribution in [2.45, 2.75) is 26.3 Å². The number of hydrogen-bond donors (Lipinski definition) is 1. The maximum absolute atomic E-state index is 5.98. The normalized spacial score (nSPS) is 10.9. The SMILES string of the molecule is CCc1nc(NCCCn2ccnc2)c2oc3ccccc3c2n1.[Cl-]. The van der Waals surface area contributed by atoms with Gasteiger partial charge in [0.05, 0.1) is 6.33 Å². The number of benzene rings is 1. The van der Waals surface area contributed by atoms with Gasteiger partial charge in [0.25, 0.3) is 0 Å². The highest BCUT2D eigenvalue weighted by Gasteiger charge is 2.14. The second-order valence-electron chi connectivity index (χ2n) is 5.70. The Hall–Kier alpha value is -2.60. The molecule has 0 fully saturated rings. The van der Waals surface area contributed by atoms with Crippen LogP contribution in [-0.2, 0) is 13.0 Å². The fourth-order valence-corrected chi connectivity index (χ4v) is 2.80. The molecule has 0 bridgehead atoms. The summed E-state index contributed by atoms with van der Waals surface area (Å²) < 4.78 is 8.05. The Bertz CT molecular complexity index is 964. The molecule has 0 aliphatic heterocycles. The number of nitrogens with zero attached hydrogens (tertiary/aromatic N) is 4. The van der Waals surface area contributed by atoms with E-state index in [1.54, 1.807) is 6.20 Å². The molecule has 0 saturated carbocycles. The van der Waals surface area contributed by atoms with E-state index in [4.69, 9.17) is 4.42 Å². The highest BCUT2D eigenvalue weighted by atomic mass is 35.5. The third-order valence-electron chi connectivity index (χ3n) is 4.03. The highest BCUT2D eigenvalue weighted by molar-refractivity contribution is 6.05. The smallest absolute Gasteiger partial charge is 0.196 e. The molecule has 0 atom stereocenters. The molecule has 0 aliphatic carbocycles. The van der Waals surface area contributed by atoms with Gasteiger partial charge in [-0.05, 0) is 18.6 Å². The molecule has 0 amide bonds. The molecule has 3 aromatic heterocycles. The van der Waals surface area contributed by atoms with Gasteiger partial charge in [0.2, 0.25) is 0 Å². The minimum Gasteiger partial charge on any atom is -1.00 e. The van der Waals surface area contributed by atoms with Crippen LogP contribution in [0, 0.1) is 0 Å². The third kappa shape index (κ3) is 3.44. The Morgan fingerprint density at radius 2 is 2.08 bits per heavy atom. The molecule has 0 unspecified atom stereocenters. The van der Waals surface area contributed by atoms with Crippen LogP contribution in [-0.4, -0.2) is 26.1 Å². The first-order valence-electron chi connectivity index (χ1n) is 8.23. The van der Waals surface area contributed by atoms with Crippen molar-refractivity contribution in [2.24, 2.45) is 0 Å². The van der Waals surface area contributed by atoms with Gasteiger partial charge in [-0.25, -0.2) is 15.0 Å². The van der Waals surface area contributed by atoms with Gasteiger partial charge >= 0.3 is 0 Å². The summed E-state index contributed by atoms with van der Waals surface area (Å²) in [7, 11) is 0. The lowest BCUT2D eigenvalue weighted by Gasteiger charge is -2.07. The molecule has 25 heavy (non-hydrogen) atoms. The third-order valence-corrected chi connectivity index (χ3v) is 4.03. The van der Waals surface area contributed by atoms with Gasteiger partial charge in [0, 0.05) is 37.3 Å². The number of rotatable bonds is 6. The molecule has 1 aromatic carbocycles. The molecule has 0 saturated heterocycles. The van der Waals surface area contributed by atoms with Gasteiger partial charge in [-0.3, -0.25) is 0 Å². The summed E-state index contributed by atoms with van der Waals surface area (Å²) in [6.45, 7) is 3.79. The van der Waals surface area contributed by atoms with Gasteiger partial charge in [-0.15, -0.1) is 0 Å². The average Bonchev–Trinajstić information content (AvgIpc) is 3.26. The first-order chi connectivity index (χ1) is 11.8. The molecular weight excluding hydrogens is 338 g/mol. The van der Waals surface area contributed by atoms with Crippen molar-refractivity contribution in [3.8, 4) is 0 Å². The van der Waals surface area contributed by atoms with Crippen LogP contribution < -0.4 is 17.7 Å². The number of furan rings is 1. The maximum atomic E-state index is 5.98. The molecule has 1 N–H and O–H groups in total. The van der Waals surface area contributed by atoms with E-state index in [2.05, 4.69) is 31.8 Å². The molecule has 0 aliphatic rings. The van der Waals surface area contributed by atoms with E-state index < -0.39 is 0 Å². The summed E-state index contributed by atoms with van der Waals surface area (Å²) in [5.41, 5.74) is 2.46. The van der Waals surface area contributed by atoms with Crippen LogP contribution in [0.25, 0.3) is 22.1 Å². The van der Waals surface area contributed by atoms with Gasteiger partial charge in [-0.2, -0.15) is 0 Å². The molecule has 4 aromatic rings. The van der Waals surface area contributed by atoms with Gasteiger partial charge in [0.15, 0.2) is 11.4 Å². The zero-order valence-electron chi connectivity index (χ0n) is 13.9. The average molecular weight is 357 g/mol. The summed E-state index contributed by atoms with van der Waals surface area (Å²) >= 11 is 0. The van der Waals surface area contributed by atoms with Crippen LogP contribution in [0.1, 0.15) is 19.2 Å². The number of nitrogens with one attached hydrogen (secondary N) is 1. The number of fused-ring (bicyclic) bond motifs is 3. The lowest BCUT2D eigenvalue weighted by Crippen LogP contribution is -3.00. The number of aryl methyl sites for hydroxylation is 2. The first-order valence-corrected chi connectivity index (χ1v) is 8.23. The molecule has 0 radical (unpaired) electrons. The lowest BCUT2D eigenvalue weighted by molar-refractivity contribution is -0.00000551. The van der Waals surface area contributed by atoms with Crippen LogP contribution in [0.5, 0.6) is 0 Å². The number of para-hydroxylation sites is 1. The molecule has 7 heteroatoms. The van der Waals surface area contributed by atoms with E-state index in [0.29, 0.717) is 0 Å².